The molecule has 3 rings (SSSR count). The van der Waals surface area contributed by atoms with Crippen molar-refractivity contribution in [3.05, 3.63) is 107 Å². The van der Waals surface area contributed by atoms with E-state index in [9.17, 15) is 13.2 Å². The van der Waals surface area contributed by atoms with Gasteiger partial charge >= 0.3 is 0 Å². The van der Waals surface area contributed by atoms with Crippen LogP contribution in [0.15, 0.2) is 94.9 Å². The number of benzene rings is 3. The second kappa shape index (κ2) is 8.88. The molecule has 0 aliphatic carbocycles. The number of carbonyl (C=O) groups is 1. The number of ketones is 1. The Labute approximate surface area is 168 Å². The van der Waals surface area contributed by atoms with Crippen LogP contribution in [0, 0.1) is 0 Å². The van der Waals surface area contributed by atoms with Crippen LogP contribution in [0.1, 0.15) is 15.9 Å². The lowest BCUT2D eigenvalue weighted by atomic mass is 10.1. The average molecular weight is 404 g/mol. The van der Waals surface area contributed by atoms with Crippen LogP contribution < -0.4 is 4.72 Å². The van der Waals surface area contributed by atoms with Crippen LogP contribution in [0.2, 0.25) is 0 Å². The van der Waals surface area contributed by atoms with Gasteiger partial charge in [0.25, 0.3) is 10.0 Å². The topological polar surface area (TPSA) is 112 Å². The first-order valence-corrected chi connectivity index (χ1v) is 10.0. The number of nitrogens with zero attached hydrogens (tertiary/aromatic N) is 3. The quantitative estimate of drug-likeness (QED) is 0.189. The molecule has 29 heavy (non-hydrogen) atoms. The van der Waals surface area contributed by atoms with E-state index in [0.717, 1.165) is 5.56 Å². The minimum Gasteiger partial charge on any atom is -0.289 e. The molecule has 0 heterocycles. The Morgan fingerprint density at radius 2 is 1.59 bits per heavy atom. The van der Waals surface area contributed by atoms with E-state index in [1.807, 2.05) is 30.3 Å². The molecule has 7 nitrogen and oxygen atoms in total. The number of allylic oxidation sites excluding steroid dienone is 1. The van der Waals surface area contributed by atoms with Gasteiger partial charge in [-0.3, -0.25) is 9.52 Å². The van der Waals surface area contributed by atoms with Crippen LogP contribution in [0.25, 0.3) is 16.5 Å². The molecular formula is C21H16N4O3S. The number of carbonyl (C=O) groups excluding carboxylic acids is 1. The van der Waals surface area contributed by atoms with Crippen molar-refractivity contribution in [3.63, 3.8) is 0 Å². The zero-order valence-corrected chi connectivity index (χ0v) is 16.0. The van der Waals surface area contributed by atoms with Gasteiger partial charge in [0.2, 0.25) is 0 Å². The highest BCUT2D eigenvalue weighted by molar-refractivity contribution is 7.92. The smallest absolute Gasteiger partial charge is 0.261 e. The van der Waals surface area contributed by atoms with Crippen LogP contribution in [-0.4, -0.2) is 14.2 Å². The minimum atomic E-state index is -3.81. The predicted molar refractivity (Wildman–Crippen MR) is 112 cm³/mol. The van der Waals surface area contributed by atoms with Gasteiger partial charge in [0, 0.05) is 21.8 Å². The largest absolute Gasteiger partial charge is 0.289 e. The average Bonchev–Trinajstić information content (AvgIpc) is 2.74. The first kappa shape index (κ1) is 19.9. The normalized spacial score (nSPS) is 11.0. The summed E-state index contributed by atoms with van der Waals surface area (Å²) in [7, 11) is -3.81. The van der Waals surface area contributed by atoms with Crippen molar-refractivity contribution in [1.29, 1.82) is 0 Å². The van der Waals surface area contributed by atoms with E-state index in [2.05, 4.69) is 14.7 Å². The lowest BCUT2D eigenvalue weighted by Gasteiger charge is -2.08. The first-order chi connectivity index (χ1) is 14.0. The van der Waals surface area contributed by atoms with Crippen LogP contribution >= 0.6 is 0 Å². The third-order valence-corrected chi connectivity index (χ3v) is 5.35. The lowest BCUT2D eigenvalue weighted by molar-refractivity contribution is 0.104. The fraction of sp³-hybridized carbons (Fsp3) is 0. The summed E-state index contributed by atoms with van der Waals surface area (Å²) in [6.07, 6.45) is 3.19. The molecular weight excluding hydrogens is 388 g/mol. The van der Waals surface area contributed by atoms with E-state index < -0.39 is 10.0 Å². The van der Waals surface area contributed by atoms with Crippen LogP contribution in [-0.2, 0) is 10.0 Å². The molecule has 0 saturated carbocycles. The van der Waals surface area contributed by atoms with Crippen LogP contribution in [0.3, 0.4) is 0 Å². The van der Waals surface area contributed by atoms with E-state index in [1.165, 1.54) is 42.5 Å². The summed E-state index contributed by atoms with van der Waals surface area (Å²) >= 11 is 0. The molecule has 0 spiro atoms. The number of rotatable bonds is 7. The number of anilines is 1. The Kier molecular flexibility index (Phi) is 6.09. The molecule has 0 aliphatic rings. The third kappa shape index (κ3) is 5.32. The molecule has 0 unspecified atom stereocenters. The van der Waals surface area contributed by atoms with Gasteiger partial charge in [-0.1, -0.05) is 53.7 Å². The van der Waals surface area contributed by atoms with Gasteiger partial charge in [0.15, 0.2) is 5.78 Å². The van der Waals surface area contributed by atoms with Gasteiger partial charge in [0.05, 0.1) is 4.90 Å². The Hall–Kier alpha value is -3.87. The molecule has 0 bridgehead atoms. The lowest BCUT2D eigenvalue weighted by Crippen LogP contribution is -2.12. The number of hydrogen-bond donors (Lipinski definition) is 1. The molecule has 1 N–H and O–H groups in total. The number of sulfonamides is 1. The second-order valence-corrected chi connectivity index (χ2v) is 7.66. The first-order valence-electron chi connectivity index (χ1n) is 8.53. The summed E-state index contributed by atoms with van der Waals surface area (Å²) in [4.78, 5) is 14.9. The molecule has 0 saturated heterocycles. The van der Waals surface area contributed by atoms with Gasteiger partial charge in [0.1, 0.15) is 0 Å². The monoisotopic (exact) mass is 404 g/mol. The molecule has 0 amide bonds. The van der Waals surface area contributed by atoms with E-state index >= 15 is 0 Å². The number of nitrogens with one attached hydrogen (secondary N) is 1. The summed E-state index contributed by atoms with van der Waals surface area (Å²) in [6.45, 7) is 0. The van der Waals surface area contributed by atoms with Gasteiger partial charge in [-0.2, -0.15) is 0 Å². The molecule has 0 radical (unpaired) electrons. The van der Waals surface area contributed by atoms with Crippen LogP contribution in [0.5, 0.6) is 0 Å². The van der Waals surface area contributed by atoms with Gasteiger partial charge < -0.3 is 0 Å². The maximum atomic E-state index is 12.5. The maximum Gasteiger partial charge on any atom is 0.261 e. The van der Waals surface area contributed by atoms with E-state index in [-0.39, 0.29) is 10.7 Å². The number of hydrogen-bond acceptors (Lipinski definition) is 4. The highest BCUT2D eigenvalue weighted by Gasteiger charge is 2.14. The van der Waals surface area contributed by atoms with E-state index in [0.29, 0.717) is 16.9 Å². The van der Waals surface area contributed by atoms with E-state index in [1.54, 1.807) is 18.2 Å². The Balaban J connectivity index is 1.70. The predicted octanol–water partition coefficient (Wildman–Crippen LogP) is 5.33. The molecule has 8 heteroatoms. The maximum absolute atomic E-state index is 12.5. The molecule has 0 atom stereocenters. The SMILES string of the molecule is [N-]=[N+]=Nc1ccc(S(=O)(=O)Nc2ccc(C(=O)C=Cc3ccccc3)cc2)cc1. The van der Waals surface area contributed by atoms with Crippen molar-refractivity contribution in [2.45, 2.75) is 4.90 Å². The molecule has 0 aliphatic heterocycles. The second-order valence-electron chi connectivity index (χ2n) is 5.97. The summed E-state index contributed by atoms with van der Waals surface area (Å²) < 4.78 is 27.4. The molecule has 0 fully saturated rings. The summed E-state index contributed by atoms with van der Waals surface area (Å²) in [5.74, 6) is -0.183. The zero-order valence-electron chi connectivity index (χ0n) is 15.1. The van der Waals surface area contributed by atoms with Crippen molar-refractivity contribution in [2.24, 2.45) is 5.11 Å². The zero-order chi connectivity index (χ0) is 20.7. The highest BCUT2D eigenvalue weighted by atomic mass is 32.2. The van der Waals surface area contributed by atoms with Gasteiger partial charge in [-0.15, -0.1) is 0 Å². The number of azide groups is 1. The van der Waals surface area contributed by atoms with Crippen molar-refractivity contribution < 1.29 is 13.2 Å². The fourth-order valence-electron chi connectivity index (χ4n) is 2.49. The summed E-state index contributed by atoms with van der Waals surface area (Å²) in [5, 5.41) is 3.40. The standard InChI is InChI=1S/C21H16N4O3S/c22-25-23-18-11-13-20(14-12-18)29(27,28)24-19-9-7-17(8-10-19)21(26)15-6-16-4-2-1-3-5-16/h1-15,24H. The minimum absolute atomic E-state index is 0.0281. The third-order valence-electron chi connectivity index (χ3n) is 3.96. The van der Waals surface area contributed by atoms with Gasteiger partial charge in [-0.25, -0.2) is 8.42 Å². The molecule has 3 aromatic carbocycles. The summed E-state index contributed by atoms with van der Waals surface area (Å²) in [5.41, 5.74) is 10.4. The van der Waals surface area contributed by atoms with Crippen molar-refractivity contribution in [1.82, 2.24) is 0 Å². The molecule has 144 valence electrons. The Bertz CT molecular complexity index is 1180. The van der Waals surface area contributed by atoms with Gasteiger partial charge in [-0.05, 0) is 53.6 Å². The van der Waals surface area contributed by atoms with Crippen molar-refractivity contribution in [3.8, 4) is 0 Å². The van der Waals surface area contributed by atoms with Crippen molar-refractivity contribution >= 4 is 33.3 Å². The van der Waals surface area contributed by atoms with E-state index in [4.69, 9.17) is 5.53 Å². The highest BCUT2D eigenvalue weighted by Crippen LogP contribution is 2.20. The Morgan fingerprint density at radius 1 is 0.931 bits per heavy atom. The van der Waals surface area contributed by atoms with Crippen LogP contribution in [0.4, 0.5) is 11.4 Å². The summed E-state index contributed by atoms with van der Waals surface area (Å²) in [6, 6.07) is 21.1. The molecule has 3 aromatic rings. The van der Waals surface area contributed by atoms with Crippen molar-refractivity contribution in [2.75, 3.05) is 4.72 Å². The fourth-order valence-corrected chi connectivity index (χ4v) is 3.55. The Morgan fingerprint density at radius 3 is 2.21 bits per heavy atom. The molecule has 0 aromatic heterocycles.